The van der Waals surface area contributed by atoms with Crippen LogP contribution in [0.1, 0.15) is 39.0 Å². The molecule has 0 spiro atoms. The summed E-state index contributed by atoms with van der Waals surface area (Å²) in [6.45, 7) is 3.09. The van der Waals surface area contributed by atoms with Crippen molar-refractivity contribution in [2.45, 2.75) is 49.8 Å². The second-order valence-corrected chi connectivity index (χ2v) is 8.24. The summed E-state index contributed by atoms with van der Waals surface area (Å²) >= 11 is 2.00. The molecule has 3 fully saturated rings. The monoisotopic (exact) mass is 268 g/mol. The van der Waals surface area contributed by atoms with Crippen LogP contribution in [0.3, 0.4) is 0 Å². The second kappa shape index (κ2) is 4.71. The van der Waals surface area contributed by atoms with E-state index < -0.39 is 0 Å². The van der Waals surface area contributed by atoms with Crippen LogP contribution >= 0.6 is 11.8 Å². The number of carbonyl (C=O) groups is 1. The van der Waals surface area contributed by atoms with Crippen LogP contribution in [0, 0.1) is 17.8 Å². The van der Waals surface area contributed by atoms with Crippen molar-refractivity contribution in [1.82, 2.24) is 5.32 Å². The fourth-order valence-electron chi connectivity index (χ4n) is 4.09. The average molecular weight is 268 g/mol. The van der Waals surface area contributed by atoms with Gasteiger partial charge in [0.05, 0.1) is 5.92 Å². The number of rotatable bonds is 3. The van der Waals surface area contributed by atoms with Crippen LogP contribution in [0.25, 0.3) is 0 Å². The summed E-state index contributed by atoms with van der Waals surface area (Å²) in [7, 11) is 0. The van der Waals surface area contributed by atoms with Crippen LogP contribution in [-0.2, 0) is 4.79 Å². The van der Waals surface area contributed by atoms with Gasteiger partial charge in [-0.2, -0.15) is 11.8 Å². The lowest BCUT2D eigenvalue weighted by atomic mass is 9.84. The van der Waals surface area contributed by atoms with Crippen LogP contribution in [0.15, 0.2) is 0 Å². The first kappa shape index (κ1) is 12.8. The van der Waals surface area contributed by atoms with E-state index in [4.69, 9.17) is 5.73 Å². The lowest BCUT2D eigenvalue weighted by molar-refractivity contribution is -0.127. The highest BCUT2D eigenvalue weighted by atomic mass is 32.2. The zero-order valence-electron chi connectivity index (χ0n) is 11.2. The molecule has 0 radical (unpaired) electrons. The minimum atomic E-state index is 0.0961. The van der Waals surface area contributed by atoms with Gasteiger partial charge in [-0.1, -0.05) is 0 Å². The Morgan fingerprint density at radius 1 is 1.44 bits per heavy atom. The van der Waals surface area contributed by atoms with Gasteiger partial charge in [-0.25, -0.2) is 0 Å². The van der Waals surface area contributed by atoms with Crippen LogP contribution < -0.4 is 11.1 Å². The second-order valence-electron chi connectivity index (χ2n) is 6.56. The SMILES string of the molecule is CC1(CNC(=O)C2C3CCC(C3)C2N)CCCS1. The molecule has 3 nitrogen and oxygen atoms in total. The summed E-state index contributed by atoms with van der Waals surface area (Å²) in [5.74, 6) is 2.73. The quantitative estimate of drug-likeness (QED) is 0.820. The van der Waals surface area contributed by atoms with Gasteiger partial charge in [0.2, 0.25) is 5.91 Å². The number of nitrogens with two attached hydrogens (primary N) is 1. The third-order valence-electron chi connectivity index (χ3n) is 5.22. The van der Waals surface area contributed by atoms with Gasteiger partial charge in [0, 0.05) is 17.3 Å². The summed E-state index contributed by atoms with van der Waals surface area (Å²) in [6, 6.07) is 0.118. The van der Waals surface area contributed by atoms with Gasteiger partial charge in [0.15, 0.2) is 0 Å². The van der Waals surface area contributed by atoms with Crippen LogP contribution in [0.5, 0.6) is 0 Å². The highest BCUT2D eigenvalue weighted by Gasteiger charge is 2.49. The Morgan fingerprint density at radius 2 is 2.22 bits per heavy atom. The maximum Gasteiger partial charge on any atom is 0.225 e. The van der Waals surface area contributed by atoms with Crippen LogP contribution in [0.2, 0.25) is 0 Å². The van der Waals surface area contributed by atoms with Gasteiger partial charge >= 0.3 is 0 Å². The van der Waals surface area contributed by atoms with Gasteiger partial charge in [-0.05, 0) is 56.6 Å². The smallest absolute Gasteiger partial charge is 0.225 e. The Bertz CT molecular complexity index is 339. The zero-order chi connectivity index (χ0) is 12.8. The summed E-state index contributed by atoms with van der Waals surface area (Å²) in [6.07, 6.45) is 6.14. The first-order chi connectivity index (χ1) is 8.59. The van der Waals surface area contributed by atoms with Crippen LogP contribution in [-0.4, -0.2) is 29.0 Å². The molecular weight excluding hydrogens is 244 g/mol. The Morgan fingerprint density at radius 3 is 2.83 bits per heavy atom. The number of carbonyl (C=O) groups excluding carboxylic acids is 1. The Balaban J connectivity index is 1.55. The van der Waals surface area contributed by atoms with Crippen LogP contribution in [0.4, 0.5) is 0 Å². The van der Waals surface area contributed by atoms with E-state index in [9.17, 15) is 4.79 Å². The molecule has 4 heteroatoms. The summed E-state index contributed by atoms with van der Waals surface area (Å²) < 4.78 is 0.261. The number of hydrogen-bond acceptors (Lipinski definition) is 3. The maximum absolute atomic E-state index is 12.3. The average Bonchev–Trinajstić information content (AvgIpc) is 3.02. The molecule has 5 unspecified atom stereocenters. The van der Waals surface area contributed by atoms with Crippen molar-refractivity contribution in [2.75, 3.05) is 12.3 Å². The molecule has 0 aromatic heterocycles. The number of thioether (sulfide) groups is 1. The molecule has 2 bridgehead atoms. The number of fused-ring (bicyclic) bond motifs is 2. The molecule has 102 valence electrons. The number of amides is 1. The molecule has 1 heterocycles. The molecule has 3 aliphatic rings. The molecule has 2 saturated carbocycles. The predicted molar refractivity (Wildman–Crippen MR) is 75.4 cm³/mol. The zero-order valence-corrected chi connectivity index (χ0v) is 12.0. The molecule has 5 atom stereocenters. The first-order valence-corrected chi connectivity index (χ1v) is 8.25. The number of hydrogen-bond donors (Lipinski definition) is 2. The van der Waals surface area contributed by atoms with E-state index in [1.54, 1.807) is 0 Å². The van der Waals surface area contributed by atoms with Gasteiger partial charge < -0.3 is 11.1 Å². The molecule has 1 saturated heterocycles. The Hall–Kier alpha value is -0.220. The van der Waals surface area contributed by atoms with Crippen molar-refractivity contribution >= 4 is 17.7 Å². The lowest BCUT2D eigenvalue weighted by Crippen LogP contribution is -2.47. The van der Waals surface area contributed by atoms with Crippen molar-refractivity contribution in [3.63, 3.8) is 0 Å². The van der Waals surface area contributed by atoms with Crippen molar-refractivity contribution in [2.24, 2.45) is 23.5 Å². The van der Waals surface area contributed by atoms with E-state index in [-0.39, 0.29) is 22.6 Å². The molecule has 18 heavy (non-hydrogen) atoms. The minimum Gasteiger partial charge on any atom is -0.354 e. The van der Waals surface area contributed by atoms with E-state index in [1.165, 1.54) is 37.9 Å². The molecule has 1 amide bonds. The van der Waals surface area contributed by atoms with E-state index >= 15 is 0 Å². The molecule has 3 rings (SSSR count). The van der Waals surface area contributed by atoms with Gasteiger partial charge in [-0.15, -0.1) is 0 Å². The first-order valence-electron chi connectivity index (χ1n) is 7.26. The van der Waals surface area contributed by atoms with Gasteiger partial charge in [0.25, 0.3) is 0 Å². The maximum atomic E-state index is 12.3. The number of nitrogens with one attached hydrogen (secondary N) is 1. The summed E-state index contributed by atoms with van der Waals surface area (Å²) in [5.41, 5.74) is 6.22. The predicted octanol–water partition coefficient (Wildman–Crippen LogP) is 1.76. The van der Waals surface area contributed by atoms with Crippen molar-refractivity contribution in [1.29, 1.82) is 0 Å². The standard InChI is InChI=1S/C14H24N2OS/c1-14(5-2-6-18-14)8-16-13(17)11-9-3-4-10(7-9)12(11)15/h9-12H,2-8,15H2,1H3,(H,16,17). The van der Waals surface area contributed by atoms with E-state index in [2.05, 4.69) is 12.2 Å². The summed E-state index contributed by atoms with van der Waals surface area (Å²) in [4.78, 5) is 12.3. The van der Waals surface area contributed by atoms with E-state index in [1.807, 2.05) is 11.8 Å². The lowest BCUT2D eigenvalue weighted by Gasteiger charge is -2.29. The summed E-state index contributed by atoms with van der Waals surface area (Å²) in [5, 5.41) is 3.18. The Kier molecular flexibility index (Phi) is 3.35. The van der Waals surface area contributed by atoms with Crippen molar-refractivity contribution < 1.29 is 4.79 Å². The molecule has 3 N–H and O–H groups in total. The highest BCUT2D eigenvalue weighted by Crippen LogP contribution is 2.47. The molecular formula is C14H24N2OS. The van der Waals surface area contributed by atoms with Gasteiger partial charge in [0.1, 0.15) is 0 Å². The molecule has 1 aliphatic heterocycles. The highest BCUT2D eigenvalue weighted by molar-refractivity contribution is 8.00. The fraction of sp³-hybridized carbons (Fsp3) is 0.929. The van der Waals surface area contributed by atoms with Gasteiger partial charge in [-0.3, -0.25) is 4.79 Å². The third-order valence-corrected chi connectivity index (χ3v) is 6.76. The van der Waals surface area contributed by atoms with E-state index in [0.717, 1.165) is 6.54 Å². The topological polar surface area (TPSA) is 55.1 Å². The largest absolute Gasteiger partial charge is 0.354 e. The molecule has 0 aromatic rings. The van der Waals surface area contributed by atoms with Crippen molar-refractivity contribution in [3.05, 3.63) is 0 Å². The molecule has 2 aliphatic carbocycles. The molecule has 0 aromatic carbocycles. The fourth-order valence-corrected chi connectivity index (χ4v) is 5.34. The Labute approximate surface area is 114 Å². The third kappa shape index (κ3) is 2.18. The van der Waals surface area contributed by atoms with Crippen molar-refractivity contribution in [3.8, 4) is 0 Å². The normalized spacial score (nSPS) is 46.6. The minimum absolute atomic E-state index is 0.0961. The van der Waals surface area contributed by atoms with E-state index in [0.29, 0.717) is 11.8 Å².